The van der Waals surface area contributed by atoms with Gasteiger partial charge in [-0.05, 0) is 56.0 Å². The van der Waals surface area contributed by atoms with Gasteiger partial charge in [0.1, 0.15) is 0 Å². The van der Waals surface area contributed by atoms with E-state index >= 15 is 0 Å². The average Bonchev–Trinajstić information content (AvgIpc) is 2.72. The highest BCUT2D eigenvalue weighted by molar-refractivity contribution is 7.96. The molecule has 0 aromatic heterocycles. The van der Waals surface area contributed by atoms with Crippen molar-refractivity contribution in [3.05, 3.63) is 70.1 Å². The topological polar surface area (TPSA) is 75.7 Å². The summed E-state index contributed by atoms with van der Waals surface area (Å²) in [4.78, 5) is 15.2. The van der Waals surface area contributed by atoms with Crippen molar-refractivity contribution in [3.8, 4) is 0 Å². The number of hydrogen-bond donors (Lipinski definition) is 1. The first kappa shape index (κ1) is 20.6. The van der Waals surface area contributed by atoms with Crippen molar-refractivity contribution in [2.75, 3.05) is 17.8 Å². The van der Waals surface area contributed by atoms with E-state index in [0.717, 1.165) is 11.1 Å². The number of sulfonamides is 1. The number of anilines is 1. The van der Waals surface area contributed by atoms with Gasteiger partial charge in [-0.3, -0.25) is 9.52 Å². The lowest BCUT2D eigenvalue weighted by atomic mass is 9.98. The number of para-hydroxylation sites is 1. The summed E-state index contributed by atoms with van der Waals surface area (Å²) in [5.74, 6) is -0.196. The van der Waals surface area contributed by atoms with Crippen molar-refractivity contribution in [2.45, 2.75) is 38.9 Å². The zero-order valence-electron chi connectivity index (χ0n) is 17.2. The van der Waals surface area contributed by atoms with E-state index in [2.05, 4.69) is 4.72 Å². The number of nitrogens with one attached hydrogen (secondary N) is 1. The molecule has 1 aliphatic heterocycles. The van der Waals surface area contributed by atoms with Gasteiger partial charge in [0.25, 0.3) is 15.9 Å². The number of rotatable bonds is 4. The van der Waals surface area contributed by atoms with Crippen LogP contribution in [0, 0.1) is 0 Å². The van der Waals surface area contributed by atoms with Crippen LogP contribution in [0.5, 0.6) is 0 Å². The van der Waals surface area contributed by atoms with Crippen LogP contribution >= 0.6 is 0 Å². The fraction of sp³-hybridized carbons (Fsp3) is 0.348. The molecule has 1 aliphatic carbocycles. The minimum Gasteiger partial charge on any atom is -0.372 e. The first-order valence-electron chi connectivity index (χ1n) is 10.2. The molecule has 0 bridgehead atoms. The molecule has 0 radical (unpaired) electrons. The Kier molecular flexibility index (Phi) is 5.66. The van der Waals surface area contributed by atoms with E-state index in [9.17, 15) is 13.2 Å². The molecule has 1 heterocycles. The summed E-state index contributed by atoms with van der Waals surface area (Å²) >= 11 is 0. The number of fused-ring (bicyclic) bond motifs is 1. The molecule has 2 unspecified atom stereocenters. The first-order chi connectivity index (χ1) is 14.3. The predicted molar refractivity (Wildman–Crippen MR) is 118 cm³/mol. The number of ether oxygens (including phenoxy) is 1. The Balaban J connectivity index is 1.60. The number of morpholine rings is 1. The summed E-state index contributed by atoms with van der Waals surface area (Å²) < 4.78 is 34.6. The fourth-order valence-electron chi connectivity index (χ4n) is 4.10. The third kappa shape index (κ3) is 4.27. The highest BCUT2D eigenvalue weighted by atomic mass is 32.2. The summed E-state index contributed by atoms with van der Waals surface area (Å²) in [5.41, 5.74) is 2.71. The Morgan fingerprint density at radius 1 is 1.00 bits per heavy atom. The molecule has 7 heteroatoms. The number of amides is 1. The molecular formula is C23H26N2O4S. The van der Waals surface area contributed by atoms with E-state index in [1.54, 1.807) is 35.2 Å². The molecule has 2 aliphatic rings. The second-order valence-electron chi connectivity index (χ2n) is 7.93. The maximum Gasteiger partial charge on any atom is 0.258 e. The van der Waals surface area contributed by atoms with E-state index in [1.807, 2.05) is 38.1 Å². The van der Waals surface area contributed by atoms with Gasteiger partial charge in [-0.15, -0.1) is 0 Å². The second-order valence-corrected chi connectivity index (χ2v) is 9.66. The van der Waals surface area contributed by atoms with Crippen molar-refractivity contribution in [1.82, 2.24) is 4.90 Å². The molecule has 4 rings (SSSR count). The van der Waals surface area contributed by atoms with E-state index < -0.39 is 10.0 Å². The summed E-state index contributed by atoms with van der Waals surface area (Å²) in [7, 11) is -3.77. The molecule has 1 amide bonds. The Morgan fingerprint density at radius 2 is 1.67 bits per heavy atom. The zero-order chi connectivity index (χ0) is 21.3. The van der Waals surface area contributed by atoms with Crippen LogP contribution in [0.1, 0.15) is 41.8 Å². The molecule has 2 atom stereocenters. The predicted octanol–water partition coefficient (Wildman–Crippen LogP) is 3.67. The number of nitrogens with zero attached hydrogens (tertiary/aromatic N) is 1. The van der Waals surface area contributed by atoms with E-state index in [4.69, 9.17) is 4.74 Å². The van der Waals surface area contributed by atoms with Gasteiger partial charge < -0.3 is 9.64 Å². The van der Waals surface area contributed by atoms with Gasteiger partial charge in [-0.1, -0.05) is 36.4 Å². The van der Waals surface area contributed by atoms with Crippen LogP contribution in [0.25, 0.3) is 6.08 Å². The van der Waals surface area contributed by atoms with Crippen molar-refractivity contribution in [2.24, 2.45) is 0 Å². The van der Waals surface area contributed by atoms with Crippen LogP contribution in [0.3, 0.4) is 0 Å². The normalized spacial score (nSPS) is 21.5. The van der Waals surface area contributed by atoms with Gasteiger partial charge in [0, 0.05) is 13.1 Å². The average molecular weight is 427 g/mol. The third-order valence-corrected chi connectivity index (χ3v) is 6.97. The lowest BCUT2D eigenvalue weighted by molar-refractivity contribution is -0.0585. The van der Waals surface area contributed by atoms with Gasteiger partial charge in [0.2, 0.25) is 0 Å². The number of carbonyl (C=O) groups excluding carboxylic acids is 1. The van der Waals surface area contributed by atoms with Gasteiger partial charge in [0.05, 0.1) is 28.4 Å². The third-order valence-electron chi connectivity index (χ3n) is 5.47. The monoisotopic (exact) mass is 426 g/mol. The SMILES string of the molecule is CC1CN(C(=O)c2ccccc2NS(=O)(=O)C2=Cc3ccccc3CC2)CC(C)O1. The first-order valence-corrected chi connectivity index (χ1v) is 11.7. The van der Waals surface area contributed by atoms with Crippen molar-refractivity contribution >= 4 is 27.7 Å². The molecular weight excluding hydrogens is 400 g/mol. The Hall–Kier alpha value is -2.64. The van der Waals surface area contributed by atoms with Gasteiger partial charge in [0.15, 0.2) is 0 Å². The summed E-state index contributed by atoms with van der Waals surface area (Å²) in [6.45, 7) is 4.81. The lowest BCUT2D eigenvalue weighted by Gasteiger charge is -2.35. The fourth-order valence-corrected chi connectivity index (χ4v) is 5.35. The molecule has 2 aromatic carbocycles. The van der Waals surface area contributed by atoms with Crippen molar-refractivity contribution in [1.29, 1.82) is 0 Å². The second kappa shape index (κ2) is 8.24. The van der Waals surface area contributed by atoms with Crippen LogP contribution in [-0.2, 0) is 21.2 Å². The minimum atomic E-state index is -3.77. The maximum atomic E-state index is 13.2. The van der Waals surface area contributed by atoms with Crippen molar-refractivity contribution in [3.63, 3.8) is 0 Å². The van der Waals surface area contributed by atoms with Crippen LogP contribution in [0.2, 0.25) is 0 Å². The number of carbonyl (C=O) groups is 1. The molecule has 0 saturated carbocycles. The maximum absolute atomic E-state index is 13.2. The molecule has 1 N–H and O–H groups in total. The van der Waals surface area contributed by atoms with Gasteiger partial charge in [-0.25, -0.2) is 8.42 Å². The largest absolute Gasteiger partial charge is 0.372 e. The quantitative estimate of drug-likeness (QED) is 0.810. The van der Waals surface area contributed by atoms with Gasteiger partial charge >= 0.3 is 0 Å². The van der Waals surface area contributed by atoms with Crippen LogP contribution in [0.4, 0.5) is 5.69 Å². The minimum absolute atomic E-state index is 0.0611. The Morgan fingerprint density at radius 3 is 2.43 bits per heavy atom. The molecule has 158 valence electrons. The summed E-state index contributed by atoms with van der Waals surface area (Å²) in [6, 6.07) is 14.6. The zero-order valence-corrected chi connectivity index (χ0v) is 18.0. The van der Waals surface area contributed by atoms with Crippen LogP contribution < -0.4 is 4.72 Å². The molecule has 6 nitrogen and oxygen atoms in total. The van der Waals surface area contributed by atoms with E-state index in [0.29, 0.717) is 42.1 Å². The smallest absolute Gasteiger partial charge is 0.258 e. The highest BCUT2D eigenvalue weighted by Crippen LogP contribution is 2.29. The Labute approximate surface area is 177 Å². The standard InChI is InChI=1S/C23H26N2O4S/c1-16-14-25(15-17(2)29-16)23(26)21-9-5-6-10-22(21)24-30(27,28)20-12-11-18-7-3-4-8-19(18)13-20/h3-10,13,16-17,24H,11-12,14-15H2,1-2H3. The molecule has 30 heavy (non-hydrogen) atoms. The van der Waals surface area contributed by atoms with Crippen molar-refractivity contribution < 1.29 is 17.9 Å². The van der Waals surface area contributed by atoms with E-state index in [1.165, 1.54) is 0 Å². The molecule has 2 aromatic rings. The Bertz CT molecular complexity index is 1080. The van der Waals surface area contributed by atoms with Gasteiger partial charge in [-0.2, -0.15) is 0 Å². The number of allylic oxidation sites excluding steroid dienone is 1. The number of aryl methyl sites for hydroxylation is 1. The number of benzene rings is 2. The van der Waals surface area contributed by atoms with Crippen LogP contribution in [-0.4, -0.2) is 44.5 Å². The summed E-state index contributed by atoms with van der Waals surface area (Å²) in [5, 5.41) is 0. The molecule has 1 saturated heterocycles. The molecule has 1 fully saturated rings. The lowest BCUT2D eigenvalue weighted by Crippen LogP contribution is -2.48. The van der Waals surface area contributed by atoms with E-state index in [-0.39, 0.29) is 18.1 Å². The highest BCUT2D eigenvalue weighted by Gasteiger charge is 2.29. The molecule has 0 spiro atoms. The summed E-state index contributed by atoms with van der Waals surface area (Å²) in [6.07, 6.45) is 2.70. The number of hydrogen-bond acceptors (Lipinski definition) is 4. The van der Waals surface area contributed by atoms with Crippen LogP contribution in [0.15, 0.2) is 53.4 Å².